The van der Waals surface area contributed by atoms with Crippen LogP contribution in [-0.4, -0.2) is 44.8 Å². The molecule has 0 aromatic heterocycles. The number of carbonyl (C=O) groups excluding carboxylic acids is 2. The van der Waals surface area contributed by atoms with Gasteiger partial charge >= 0.3 is 0 Å². The highest BCUT2D eigenvalue weighted by Crippen LogP contribution is 2.28. The van der Waals surface area contributed by atoms with Crippen LogP contribution in [0.2, 0.25) is 5.02 Å². The summed E-state index contributed by atoms with van der Waals surface area (Å²) in [6.07, 6.45) is 0.152. The van der Waals surface area contributed by atoms with Crippen LogP contribution >= 0.6 is 11.6 Å². The molecule has 2 amide bonds. The van der Waals surface area contributed by atoms with Gasteiger partial charge in [-0.1, -0.05) is 41.9 Å². The highest BCUT2D eigenvalue weighted by Gasteiger charge is 2.36. The van der Waals surface area contributed by atoms with Gasteiger partial charge in [0.15, 0.2) is 0 Å². The molecule has 0 spiro atoms. The molecule has 2 atom stereocenters. The van der Waals surface area contributed by atoms with Crippen LogP contribution in [0.15, 0.2) is 59.5 Å². The van der Waals surface area contributed by atoms with Gasteiger partial charge in [0, 0.05) is 31.1 Å². The van der Waals surface area contributed by atoms with Gasteiger partial charge in [0.1, 0.15) is 0 Å². The largest absolute Gasteiger partial charge is 0.354 e. The third-order valence-electron chi connectivity index (χ3n) is 5.12. The maximum Gasteiger partial charge on any atom is 0.240 e. The van der Waals surface area contributed by atoms with Gasteiger partial charge in [0.2, 0.25) is 21.8 Å². The molecule has 1 saturated heterocycles. The Hall–Kier alpha value is -2.42. The van der Waals surface area contributed by atoms with E-state index >= 15 is 0 Å². The highest BCUT2D eigenvalue weighted by atomic mass is 35.5. The summed E-state index contributed by atoms with van der Waals surface area (Å²) >= 11 is 5.77. The van der Waals surface area contributed by atoms with Crippen molar-refractivity contribution in [2.45, 2.75) is 24.3 Å². The maximum absolute atomic E-state index is 12.4. The molecule has 2 aromatic rings. The molecule has 0 aliphatic carbocycles. The van der Waals surface area contributed by atoms with Gasteiger partial charge in [0.05, 0.1) is 16.9 Å². The van der Waals surface area contributed by atoms with Gasteiger partial charge in [-0.05, 0) is 36.8 Å². The van der Waals surface area contributed by atoms with E-state index in [1.54, 1.807) is 4.90 Å². The second kappa shape index (κ2) is 9.59. The van der Waals surface area contributed by atoms with Crippen LogP contribution in [0.25, 0.3) is 0 Å². The summed E-state index contributed by atoms with van der Waals surface area (Å²) in [6, 6.07) is 15.4. The van der Waals surface area contributed by atoms with Crippen LogP contribution in [0.4, 0.5) is 0 Å². The standard InChI is InChI=1S/C21H24ClN3O4S/c1-15(16-5-3-2-4-6-16)25-14-17(13-20(25)26)21(27)23-11-12-24-30(28,29)19-9-7-18(22)8-10-19/h2-10,15,17,24H,11-14H2,1H3,(H,23,27). The normalized spacial score (nSPS) is 17.7. The molecule has 2 aromatic carbocycles. The summed E-state index contributed by atoms with van der Waals surface area (Å²) < 4.78 is 26.9. The Morgan fingerprint density at radius 2 is 1.80 bits per heavy atom. The number of benzene rings is 2. The Bertz CT molecular complexity index is 997. The molecule has 30 heavy (non-hydrogen) atoms. The molecule has 160 valence electrons. The monoisotopic (exact) mass is 449 g/mol. The van der Waals surface area contributed by atoms with Crippen molar-refractivity contribution in [2.24, 2.45) is 5.92 Å². The van der Waals surface area contributed by atoms with Gasteiger partial charge in [-0.2, -0.15) is 0 Å². The van der Waals surface area contributed by atoms with Crippen molar-refractivity contribution in [2.75, 3.05) is 19.6 Å². The SMILES string of the molecule is CC(c1ccccc1)N1CC(C(=O)NCCNS(=O)(=O)c2ccc(Cl)cc2)CC1=O. The lowest BCUT2D eigenvalue weighted by Gasteiger charge is -2.25. The molecular formula is C21H24ClN3O4S. The van der Waals surface area contributed by atoms with Crippen molar-refractivity contribution in [1.29, 1.82) is 0 Å². The molecular weight excluding hydrogens is 426 g/mol. The van der Waals surface area contributed by atoms with Gasteiger partial charge in [-0.15, -0.1) is 0 Å². The zero-order chi connectivity index (χ0) is 21.7. The van der Waals surface area contributed by atoms with Crippen molar-refractivity contribution in [3.8, 4) is 0 Å². The van der Waals surface area contributed by atoms with E-state index in [1.165, 1.54) is 24.3 Å². The fourth-order valence-electron chi connectivity index (χ4n) is 3.41. The second-order valence-corrected chi connectivity index (χ2v) is 9.38. The fourth-order valence-corrected chi connectivity index (χ4v) is 4.56. The van der Waals surface area contributed by atoms with E-state index in [-0.39, 0.29) is 42.3 Å². The van der Waals surface area contributed by atoms with Gasteiger partial charge < -0.3 is 10.2 Å². The van der Waals surface area contributed by atoms with Crippen LogP contribution in [0.1, 0.15) is 24.9 Å². The molecule has 0 radical (unpaired) electrons. The van der Waals surface area contributed by atoms with E-state index in [0.717, 1.165) is 5.56 Å². The number of carbonyl (C=O) groups is 2. The fraction of sp³-hybridized carbons (Fsp3) is 0.333. The lowest BCUT2D eigenvalue weighted by Crippen LogP contribution is -2.38. The number of nitrogens with zero attached hydrogens (tertiary/aromatic N) is 1. The Kier molecular flexibility index (Phi) is 7.12. The molecule has 9 heteroatoms. The minimum atomic E-state index is -3.68. The first-order valence-corrected chi connectivity index (χ1v) is 11.5. The third-order valence-corrected chi connectivity index (χ3v) is 6.85. The molecule has 3 rings (SSSR count). The number of rotatable bonds is 8. The van der Waals surface area contributed by atoms with Crippen LogP contribution in [0.5, 0.6) is 0 Å². The summed E-state index contributed by atoms with van der Waals surface area (Å²) in [7, 11) is -3.68. The minimum Gasteiger partial charge on any atom is -0.354 e. The van der Waals surface area contributed by atoms with E-state index in [1.807, 2.05) is 37.3 Å². The van der Waals surface area contributed by atoms with Crippen LogP contribution in [0.3, 0.4) is 0 Å². The van der Waals surface area contributed by atoms with Crippen LogP contribution in [-0.2, 0) is 19.6 Å². The summed E-state index contributed by atoms with van der Waals surface area (Å²) in [6.45, 7) is 2.46. The molecule has 7 nitrogen and oxygen atoms in total. The Morgan fingerprint density at radius 3 is 2.47 bits per heavy atom. The van der Waals surface area contributed by atoms with E-state index in [2.05, 4.69) is 10.0 Å². The van der Waals surface area contributed by atoms with E-state index in [0.29, 0.717) is 11.6 Å². The molecule has 1 fully saturated rings. The lowest BCUT2D eigenvalue weighted by atomic mass is 10.1. The number of likely N-dealkylation sites (tertiary alicyclic amines) is 1. The van der Waals surface area contributed by atoms with Gasteiger partial charge in [-0.25, -0.2) is 13.1 Å². The number of hydrogen-bond acceptors (Lipinski definition) is 4. The lowest BCUT2D eigenvalue weighted by molar-refractivity contribution is -0.130. The van der Waals surface area contributed by atoms with Gasteiger partial charge in [-0.3, -0.25) is 9.59 Å². The average Bonchev–Trinajstić information content (AvgIpc) is 3.13. The molecule has 2 N–H and O–H groups in total. The quantitative estimate of drug-likeness (QED) is 0.604. The molecule has 0 bridgehead atoms. The van der Waals surface area contributed by atoms with Gasteiger partial charge in [0.25, 0.3) is 0 Å². The van der Waals surface area contributed by atoms with Crippen molar-refractivity contribution >= 4 is 33.4 Å². The zero-order valence-electron chi connectivity index (χ0n) is 16.5. The number of nitrogens with one attached hydrogen (secondary N) is 2. The molecule has 1 aliphatic rings. The van der Waals surface area contributed by atoms with E-state index in [4.69, 9.17) is 11.6 Å². The number of hydrogen-bond donors (Lipinski definition) is 2. The summed E-state index contributed by atoms with van der Waals surface area (Å²) in [5.74, 6) is -0.761. The molecule has 0 saturated carbocycles. The Balaban J connectivity index is 1.47. The summed E-state index contributed by atoms with van der Waals surface area (Å²) in [5.41, 5.74) is 1.02. The van der Waals surface area contributed by atoms with Crippen LogP contribution in [0, 0.1) is 5.92 Å². The van der Waals surface area contributed by atoms with Crippen molar-refractivity contribution < 1.29 is 18.0 Å². The van der Waals surface area contributed by atoms with E-state index in [9.17, 15) is 18.0 Å². The topological polar surface area (TPSA) is 95.6 Å². The second-order valence-electron chi connectivity index (χ2n) is 7.18. The Labute approximate surface area is 181 Å². The van der Waals surface area contributed by atoms with Crippen LogP contribution < -0.4 is 10.0 Å². The molecule has 1 aliphatic heterocycles. The van der Waals surface area contributed by atoms with Crippen molar-refractivity contribution in [3.05, 3.63) is 65.2 Å². The minimum absolute atomic E-state index is 0.0432. The average molecular weight is 450 g/mol. The third kappa shape index (κ3) is 5.38. The van der Waals surface area contributed by atoms with Crippen molar-refractivity contribution in [1.82, 2.24) is 14.9 Å². The predicted molar refractivity (Wildman–Crippen MR) is 114 cm³/mol. The van der Waals surface area contributed by atoms with Crippen molar-refractivity contribution in [3.63, 3.8) is 0 Å². The first-order chi connectivity index (χ1) is 14.3. The highest BCUT2D eigenvalue weighted by molar-refractivity contribution is 7.89. The molecule has 2 unspecified atom stereocenters. The zero-order valence-corrected chi connectivity index (χ0v) is 18.1. The predicted octanol–water partition coefficient (Wildman–Crippen LogP) is 2.34. The molecule has 1 heterocycles. The smallest absolute Gasteiger partial charge is 0.240 e. The summed E-state index contributed by atoms with van der Waals surface area (Å²) in [4.78, 5) is 26.6. The summed E-state index contributed by atoms with van der Waals surface area (Å²) in [5, 5.41) is 3.16. The Morgan fingerprint density at radius 1 is 1.13 bits per heavy atom. The number of sulfonamides is 1. The number of amides is 2. The number of halogens is 1. The first-order valence-electron chi connectivity index (χ1n) is 9.65. The first kappa shape index (κ1) is 22.3. The maximum atomic E-state index is 12.4. The van der Waals surface area contributed by atoms with E-state index < -0.39 is 15.9 Å².